The van der Waals surface area contributed by atoms with Gasteiger partial charge in [-0.3, -0.25) is 4.84 Å². The topological polar surface area (TPSA) is 51.0 Å². The number of carbonyl (C=O) groups is 1. The second kappa shape index (κ2) is 3.14. The maximum atomic E-state index is 11.2. The van der Waals surface area contributed by atoms with Crippen molar-refractivity contribution >= 4 is 5.97 Å². The van der Waals surface area contributed by atoms with Crippen molar-refractivity contribution in [2.24, 2.45) is 10.4 Å². The van der Waals surface area contributed by atoms with Crippen LogP contribution in [0, 0.1) is 0 Å². The molecule has 0 saturated carbocycles. The molecule has 0 aromatic carbocycles. The summed E-state index contributed by atoms with van der Waals surface area (Å²) in [6.07, 6.45) is -5.01. The van der Waals surface area contributed by atoms with E-state index in [4.69, 9.17) is 0 Å². The molecule has 0 amide bonds. The van der Waals surface area contributed by atoms with Crippen molar-refractivity contribution < 1.29 is 22.8 Å². The molecular weight excluding hydrogens is 153 g/mol. The zero-order chi connectivity index (χ0) is 8.20. The number of carbonyl (C=O) groups excluding carboxylic acids is 1. The minimum atomic E-state index is -5.01. The molecule has 4 nitrogen and oxygen atoms in total. The molecule has 0 aromatic rings. The molecule has 58 valence electrons. The summed E-state index contributed by atoms with van der Waals surface area (Å²) in [4.78, 5) is 13.0. The van der Waals surface area contributed by atoms with E-state index < -0.39 is 12.1 Å². The average molecular weight is 156 g/mol. The maximum Gasteiger partial charge on any atom is 0.493 e. The van der Waals surface area contributed by atoms with Crippen LogP contribution in [0.2, 0.25) is 0 Å². The Hall–Kier alpha value is -1.14. The number of alkyl halides is 3. The Morgan fingerprint density at radius 2 is 2.00 bits per heavy atom. The van der Waals surface area contributed by atoms with Crippen LogP contribution in [0.1, 0.15) is 0 Å². The van der Waals surface area contributed by atoms with E-state index in [2.05, 4.69) is 15.2 Å². The monoisotopic (exact) mass is 156 g/mol. The van der Waals surface area contributed by atoms with Gasteiger partial charge in [0.25, 0.3) is 0 Å². The number of nitrogens with zero attached hydrogens (tertiary/aromatic N) is 2. The molecule has 0 unspecified atom stereocenters. The van der Waals surface area contributed by atoms with Gasteiger partial charge in [-0.2, -0.15) is 18.3 Å². The molecule has 0 aliphatic rings. The van der Waals surface area contributed by atoms with Gasteiger partial charge in [-0.15, -0.1) is 0 Å². The second-order valence-corrected chi connectivity index (χ2v) is 1.16. The van der Waals surface area contributed by atoms with Crippen LogP contribution in [0.3, 0.4) is 0 Å². The third-order valence-corrected chi connectivity index (χ3v) is 0.437. The predicted molar refractivity (Wildman–Crippen MR) is 22.9 cm³/mol. The van der Waals surface area contributed by atoms with Crippen LogP contribution in [-0.4, -0.2) is 19.2 Å². The average Bonchev–Trinajstić information content (AvgIpc) is 1.80. The van der Waals surface area contributed by atoms with Gasteiger partial charge in [-0.25, -0.2) is 4.79 Å². The number of hydrogen-bond donors (Lipinski definition) is 0. The number of halogens is 3. The summed E-state index contributed by atoms with van der Waals surface area (Å²) < 4.78 is 33.6. The molecule has 0 bridgehead atoms. The molecule has 10 heavy (non-hydrogen) atoms. The largest absolute Gasteiger partial charge is 0.493 e. The first-order valence-electron chi connectivity index (χ1n) is 2.05. The van der Waals surface area contributed by atoms with Gasteiger partial charge in [-0.1, -0.05) is 0 Å². The van der Waals surface area contributed by atoms with Crippen molar-refractivity contribution in [1.29, 1.82) is 0 Å². The van der Waals surface area contributed by atoms with E-state index in [9.17, 15) is 18.0 Å². The molecule has 0 aromatic heterocycles. The Morgan fingerprint density at radius 3 is 2.30 bits per heavy atom. The van der Waals surface area contributed by atoms with E-state index in [1.165, 1.54) is 0 Å². The summed E-state index contributed by atoms with van der Waals surface area (Å²) in [6.45, 7) is 0. The van der Waals surface area contributed by atoms with Gasteiger partial charge in [0.15, 0.2) is 0 Å². The van der Waals surface area contributed by atoms with Crippen molar-refractivity contribution in [1.82, 2.24) is 0 Å². The van der Waals surface area contributed by atoms with E-state index >= 15 is 0 Å². The van der Waals surface area contributed by atoms with Crippen molar-refractivity contribution in [3.05, 3.63) is 0 Å². The highest BCUT2D eigenvalue weighted by atomic mass is 19.4. The minimum Gasteiger partial charge on any atom is -0.290 e. The van der Waals surface area contributed by atoms with Crippen molar-refractivity contribution in [2.75, 3.05) is 7.05 Å². The first-order valence-corrected chi connectivity index (χ1v) is 2.05. The quantitative estimate of drug-likeness (QED) is 0.421. The van der Waals surface area contributed by atoms with E-state index in [1.807, 2.05) is 0 Å². The molecular formula is C3H3F3N2O2. The number of rotatable bonds is 1. The lowest BCUT2D eigenvalue weighted by molar-refractivity contribution is -0.200. The SMILES string of the molecule is CN=NOC(=O)C(F)(F)F. The van der Waals surface area contributed by atoms with Crippen molar-refractivity contribution in [2.45, 2.75) is 6.18 Å². The van der Waals surface area contributed by atoms with Crippen LogP contribution in [0.5, 0.6) is 0 Å². The van der Waals surface area contributed by atoms with E-state index in [0.29, 0.717) is 0 Å². The lowest BCUT2D eigenvalue weighted by Crippen LogP contribution is -2.23. The third-order valence-electron chi connectivity index (χ3n) is 0.437. The highest BCUT2D eigenvalue weighted by Gasteiger charge is 2.41. The molecule has 0 fully saturated rings. The van der Waals surface area contributed by atoms with Crippen LogP contribution in [-0.2, 0) is 9.63 Å². The highest BCUT2D eigenvalue weighted by molar-refractivity contribution is 5.75. The van der Waals surface area contributed by atoms with Gasteiger partial charge in [0, 0.05) is 5.28 Å². The summed E-state index contributed by atoms with van der Waals surface area (Å²) in [6, 6.07) is 0. The fraction of sp³-hybridized carbons (Fsp3) is 0.667. The number of hydrogen-bond acceptors (Lipinski definition) is 4. The van der Waals surface area contributed by atoms with Gasteiger partial charge in [-0.05, 0) is 0 Å². The Bertz CT molecular complexity index is 152. The molecule has 0 aliphatic heterocycles. The van der Waals surface area contributed by atoms with E-state index in [-0.39, 0.29) is 0 Å². The minimum absolute atomic E-state index is 1.07. The summed E-state index contributed by atoms with van der Waals surface area (Å²) in [7, 11) is 1.07. The van der Waals surface area contributed by atoms with Crippen LogP contribution in [0.25, 0.3) is 0 Å². The molecule has 0 aliphatic carbocycles. The molecule has 0 saturated heterocycles. The van der Waals surface area contributed by atoms with Crippen LogP contribution >= 0.6 is 0 Å². The van der Waals surface area contributed by atoms with Gasteiger partial charge < -0.3 is 0 Å². The van der Waals surface area contributed by atoms with Crippen LogP contribution < -0.4 is 0 Å². The molecule has 0 rings (SSSR count). The van der Waals surface area contributed by atoms with Crippen LogP contribution in [0.4, 0.5) is 13.2 Å². The molecule has 0 radical (unpaired) electrons. The Labute approximate surface area is 53.6 Å². The zero-order valence-electron chi connectivity index (χ0n) is 4.84. The Balaban J connectivity index is 3.86. The fourth-order valence-electron chi connectivity index (χ4n) is 0.130. The van der Waals surface area contributed by atoms with Crippen molar-refractivity contribution in [3.63, 3.8) is 0 Å². The van der Waals surface area contributed by atoms with Gasteiger partial charge in [0.1, 0.15) is 0 Å². The zero-order valence-corrected chi connectivity index (χ0v) is 4.84. The summed E-state index contributed by atoms with van der Waals surface area (Å²) >= 11 is 0. The first kappa shape index (κ1) is 8.86. The standard InChI is InChI=1S/C3H3F3N2O2/c1-7-8-10-2(9)3(4,5)6/h1H3. The van der Waals surface area contributed by atoms with Gasteiger partial charge in [0.2, 0.25) is 0 Å². The summed E-state index contributed by atoms with van der Waals surface area (Å²) in [5.41, 5.74) is 0. The lowest BCUT2D eigenvalue weighted by Gasteiger charge is -1.98. The summed E-state index contributed by atoms with van der Waals surface area (Å²) in [5.74, 6) is -2.38. The van der Waals surface area contributed by atoms with Crippen LogP contribution in [0.15, 0.2) is 10.4 Å². The second-order valence-electron chi connectivity index (χ2n) is 1.16. The van der Waals surface area contributed by atoms with E-state index in [0.717, 1.165) is 7.05 Å². The third kappa shape index (κ3) is 3.00. The molecule has 0 spiro atoms. The Morgan fingerprint density at radius 1 is 1.50 bits per heavy atom. The normalized spacial score (nSPS) is 12.0. The van der Waals surface area contributed by atoms with Gasteiger partial charge >= 0.3 is 12.1 Å². The predicted octanol–water partition coefficient (Wildman–Crippen LogP) is 1.09. The molecule has 7 heteroatoms. The maximum absolute atomic E-state index is 11.2. The highest BCUT2D eigenvalue weighted by Crippen LogP contribution is 2.16. The summed E-state index contributed by atoms with van der Waals surface area (Å²) in [5, 5.41) is 5.16. The van der Waals surface area contributed by atoms with E-state index in [1.54, 1.807) is 0 Å². The lowest BCUT2D eigenvalue weighted by atomic mass is 10.7. The molecule has 0 N–H and O–H groups in total. The van der Waals surface area contributed by atoms with Gasteiger partial charge in [0.05, 0.1) is 7.05 Å². The smallest absolute Gasteiger partial charge is 0.290 e. The molecule has 0 heterocycles. The van der Waals surface area contributed by atoms with Crippen molar-refractivity contribution in [3.8, 4) is 0 Å². The first-order chi connectivity index (χ1) is 4.48. The fourth-order valence-corrected chi connectivity index (χ4v) is 0.130. The Kier molecular flexibility index (Phi) is 2.78. The molecule has 0 atom stereocenters.